The largest absolute Gasteiger partial charge is 0.472 e. The van der Waals surface area contributed by atoms with Gasteiger partial charge >= 0.3 is 19.8 Å². The quantitative estimate of drug-likeness (QED) is 0.0147. The van der Waals surface area contributed by atoms with Gasteiger partial charge in [-0.05, 0) is 64.2 Å². The Balaban J connectivity index is 2.50. The minimum absolute atomic E-state index is 0.0299. The van der Waals surface area contributed by atoms with Crippen LogP contribution in [0.5, 0.6) is 0 Å². The van der Waals surface area contributed by atoms with E-state index in [0.29, 0.717) is 19.3 Å². The Morgan fingerprint density at radius 2 is 0.968 bits per heavy atom. The van der Waals surface area contributed by atoms with Gasteiger partial charge in [0.05, 0.1) is 6.61 Å². The molecule has 0 aromatic heterocycles. The first-order valence-electron chi connectivity index (χ1n) is 23.7. The second-order valence-electron chi connectivity index (χ2n) is 16.3. The van der Waals surface area contributed by atoms with Crippen molar-refractivity contribution < 1.29 is 63.1 Å². The van der Waals surface area contributed by atoms with Gasteiger partial charge in [-0.25, -0.2) is 4.57 Å². The van der Waals surface area contributed by atoms with E-state index in [-0.39, 0.29) is 12.8 Å². The molecule has 13 nitrogen and oxygen atoms in total. The van der Waals surface area contributed by atoms with Crippen molar-refractivity contribution in [3.05, 3.63) is 73.4 Å². The number of carbonyl (C=O) groups is 2. The molecule has 0 aromatic rings. The molecule has 0 amide bonds. The highest BCUT2D eigenvalue weighted by Crippen LogP contribution is 2.47. The molecule has 6 unspecified atom stereocenters. The van der Waals surface area contributed by atoms with Gasteiger partial charge in [0.25, 0.3) is 0 Å². The van der Waals surface area contributed by atoms with E-state index < -0.39 is 75.7 Å². The van der Waals surface area contributed by atoms with Crippen LogP contribution < -0.4 is 0 Å². The molecule has 0 spiro atoms. The molecule has 1 aliphatic carbocycles. The van der Waals surface area contributed by atoms with Crippen molar-refractivity contribution in [2.45, 2.75) is 210 Å². The number of rotatable bonds is 39. The third kappa shape index (κ3) is 31.0. The average molecular weight is 911 g/mol. The normalized spacial score (nSPS) is 22.1. The molecule has 63 heavy (non-hydrogen) atoms. The van der Waals surface area contributed by atoms with Gasteiger partial charge in [-0.2, -0.15) is 0 Å². The standard InChI is InChI=1S/C49H83O13P/c1-3-5-7-9-11-13-15-17-19-20-21-22-24-26-28-30-32-34-36-38-43(51)61-41(40-60-63(57,58)62-49-47(55)45(53)44(52)46(54)48(49)56)39-59-42(50)37-35-33-31-29-27-25-23-18-16-14-12-10-8-6-4-2/h4,11,13,17,19,21-22,26,28,32,34,41,44-49,52-56H,2-3,5-10,12,14-16,18,20,23-25,27,29-31,33,35-40H2,1H3,(H,57,58)/b13-11+,19-17+,22-21+,28-26+,34-32+/t41-,44?,45-,46?,47?,48?,49?/m1/s1. The lowest BCUT2D eigenvalue weighted by Crippen LogP contribution is -2.64. The molecular formula is C49H83O13P. The van der Waals surface area contributed by atoms with Gasteiger partial charge in [0.1, 0.15) is 43.2 Å². The first-order valence-corrected chi connectivity index (χ1v) is 25.2. The fraction of sp³-hybridized carbons (Fsp3) is 0.714. The van der Waals surface area contributed by atoms with E-state index in [0.717, 1.165) is 57.8 Å². The molecule has 1 aliphatic rings. The van der Waals surface area contributed by atoms with Gasteiger partial charge in [0.2, 0.25) is 0 Å². The lowest BCUT2D eigenvalue weighted by Gasteiger charge is -2.41. The maximum atomic E-state index is 12.8. The fourth-order valence-corrected chi connectivity index (χ4v) is 7.81. The summed E-state index contributed by atoms with van der Waals surface area (Å²) in [4.78, 5) is 35.7. The Hall–Kier alpha value is -2.71. The third-order valence-corrected chi connectivity index (χ3v) is 11.7. The van der Waals surface area contributed by atoms with Crippen LogP contribution in [-0.4, -0.2) is 98.3 Å². The van der Waals surface area contributed by atoms with Crippen LogP contribution >= 0.6 is 7.82 Å². The number of aliphatic hydroxyl groups excluding tert-OH is 5. The number of phosphoric ester groups is 1. The predicted molar refractivity (Wildman–Crippen MR) is 249 cm³/mol. The van der Waals surface area contributed by atoms with Crippen LogP contribution in [0.25, 0.3) is 0 Å². The lowest BCUT2D eigenvalue weighted by molar-refractivity contribution is -0.220. The van der Waals surface area contributed by atoms with Crippen molar-refractivity contribution in [2.75, 3.05) is 13.2 Å². The number of allylic oxidation sites excluding steroid dienone is 11. The summed E-state index contributed by atoms with van der Waals surface area (Å²) >= 11 is 0. The van der Waals surface area contributed by atoms with Gasteiger partial charge in [0, 0.05) is 12.8 Å². The molecule has 0 radical (unpaired) electrons. The Labute approximate surface area is 378 Å². The molecule has 14 heteroatoms. The zero-order chi connectivity index (χ0) is 46.4. The number of hydrogen-bond acceptors (Lipinski definition) is 12. The van der Waals surface area contributed by atoms with E-state index in [4.69, 9.17) is 18.5 Å². The van der Waals surface area contributed by atoms with Crippen molar-refractivity contribution in [1.29, 1.82) is 0 Å². The summed E-state index contributed by atoms with van der Waals surface area (Å²) in [5, 5.41) is 50.2. The summed E-state index contributed by atoms with van der Waals surface area (Å²) < 4.78 is 33.5. The molecule has 0 saturated heterocycles. The molecule has 0 bridgehead atoms. The third-order valence-electron chi connectivity index (χ3n) is 10.7. The summed E-state index contributed by atoms with van der Waals surface area (Å²) in [6, 6.07) is 0. The maximum Gasteiger partial charge on any atom is 0.472 e. The zero-order valence-corrected chi connectivity index (χ0v) is 39.1. The number of unbranched alkanes of at least 4 members (excludes halogenated alkanes) is 16. The second-order valence-corrected chi connectivity index (χ2v) is 17.7. The number of hydrogen-bond donors (Lipinski definition) is 6. The van der Waals surface area contributed by atoms with E-state index in [1.165, 1.54) is 70.6 Å². The number of esters is 2. The zero-order valence-electron chi connectivity index (χ0n) is 38.2. The van der Waals surface area contributed by atoms with Gasteiger partial charge in [-0.15, -0.1) is 6.58 Å². The smallest absolute Gasteiger partial charge is 0.462 e. The van der Waals surface area contributed by atoms with Crippen molar-refractivity contribution >= 4 is 19.8 Å². The van der Waals surface area contributed by atoms with Crippen LogP contribution in [0.4, 0.5) is 0 Å². The van der Waals surface area contributed by atoms with E-state index in [1.807, 2.05) is 24.3 Å². The number of carbonyl (C=O) groups excluding carboxylic acids is 2. The van der Waals surface area contributed by atoms with Gasteiger partial charge in [-0.1, -0.05) is 157 Å². The van der Waals surface area contributed by atoms with Crippen LogP contribution in [0.2, 0.25) is 0 Å². The summed E-state index contributed by atoms with van der Waals surface area (Å²) in [5.41, 5.74) is 0. The predicted octanol–water partition coefficient (Wildman–Crippen LogP) is 9.50. The van der Waals surface area contributed by atoms with E-state index in [1.54, 1.807) is 0 Å². The summed E-state index contributed by atoms with van der Waals surface area (Å²) in [6.45, 7) is 4.73. The molecule has 1 saturated carbocycles. The second kappa shape index (κ2) is 38.5. The maximum absolute atomic E-state index is 12.8. The number of aliphatic hydroxyl groups is 5. The SMILES string of the molecule is C=CCCCCCCCCCCCCCCCC(=O)OC[C@H](COP(=O)(O)OC1C(O)C(O)C(O)[C@@H](O)C1O)OC(=O)CC/C=C/C/C=C/C/C=C/C/C=C/C/C=C/CCCCC. The lowest BCUT2D eigenvalue weighted by atomic mass is 9.85. The highest BCUT2D eigenvalue weighted by Gasteiger charge is 2.51. The van der Waals surface area contributed by atoms with Crippen LogP contribution in [0, 0.1) is 0 Å². The molecule has 0 aromatic carbocycles. The van der Waals surface area contributed by atoms with E-state index in [9.17, 15) is 44.6 Å². The minimum Gasteiger partial charge on any atom is -0.462 e. The first kappa shape index (κ1) is 58.3. The Morgan fingerprint density at radius 1 is 0.540 bits per heavy atom. The summed E-state index contributed by atoms with van der Waals surface area (Å²) in [7, 11) is -5.14. The van der Waals surface area contributed by atoms with Crippen LogP contribution in [0.1, 0.15) is 167 Å². The number of phosphoric acid groups is 1. The fourth-order valence-electron chi connectivity index (χ4n) is 6.84. The molecule has 1 fully saturated rings. The van der Waals surface area contributed by atoms with Crippen molar-refractivity contribution in [3.63, 3.8) is 0 Å². The Bertz CT molecular complexity index is 1360. The molecule has 0 aliphatic heterocycles. The van der Waals surface area contributed by atoms with Crippen LogP contribution in [-0.2, 0) is 32.7 Å². The summed E-state index contributed by atoms with van der Waals surface area (Å²) in [5.74, 6) is -1.20. The highest BCUT2D eigenvalue weighted by atomic mass is 31.2. The minimum atomic E-state index is -5.14. The van der Waals surface area contributed by atoms with Gasteiger partial charge in [0.15, 0.2) is 6.10 Å². The highest BCUT2D eigenvalue weighted by molar-refractivity contribution is 7.47. The van der Waals surface area contributed by atoms with E-state index in [2.05, 4.69) is 56.0 Å². The molecule has 0 heterocycles. The van der Waals surface area contributed by atoms with Crippen molar-refractivity contribution in [3.8, 4) is 0 Å². The van der Waals surface area contributed by atoms with Crippen molar-refractivity contribution in [1.82, 2.24) is 0 Å². The molecular weight excluding hydrogens is 827 g/mol. The van der Waals surface area contributed by atoms with Gasteiger partial charge in [-0.3, -0.25) is 18.6 Å². The molecule has 1 rings (SSSR count). The number of ether oxygens (including phenoxy) is 2. The van der Waals surface area contributed by atoms with E-state index >= 15 is 0 Å². The topological polar surface area (TPSA) is 210 Å². The molecule has 8 atom stereocenters. The van der Waals surface area contributed by atoms with Crippen molar-refractivity contribution in [2.24, 2.45) is 0 Å². The summed E-state index contributed by atoms with van der Waals surface area (Å²) in [6.07, 6.45) is 34.3. The molecule has 6 N–H and O–H groups in total. The Kier molecular flexibility index (Phi) is 35.7. The Morgan fingerprint density at radius 3 is 1.46 bits per heavy atom. The average Bonchev–Trinajstić information content (AvgIpc) is 3.26. The van der Waals surface area contributed by atoms with Crippen LogP contribution in [0.3, 0.4) is 0 Å². The monoisotopic (exact) mass is 911 g/mol. The van der Waals surface area contributed by atoms with Crippen LogP contribution in [0.15, 0.2) is 73.4 Å². The van der Waals surface area contributed by atoms with Gasteiger partial charge < -0.3 is 39.9 Å². The first-order chi connectivity index (χ1) is 30.4. The molecule has 362 valence electrons.